The van der Waals surface area contributed by atoms with Crippen LogP contribution in [0.1, 0.15) is 51.4 Å². The number of unbranched alkanes of at least 4 members (excludes halogenated alkanes) is 2. The Morgan fingerprint density at radius 3 is 2.47 bits per heavy atom. The minimum Gasteiger partial charge on any atom is -0.481 e. The van der Waals surface area contributed by atoms with Crippen LogP contribution >= 0.6 is 0 Å². The van der Waals surface area contributed by atoms with Crippen LogP contribution in [-0.2, 0) is 4.79 Å². The second-order valence-corrected chi connectivity index (χ2v) is 4.59. The van der Waals surface area contributed by atoms with Crippen molar-refractivity contribution in [2.24, 2.45) is 0 Å². The average molecular weight is 242 g/mol. The first kappa shape index (κ1) is 13.8. The fraction of sp³-hybridized carbons (Fsp3) is 0.833. The molecule has 0 saturated heterocycles. The molecule has 5 nitrogen and oxygen atoms in total. The highest BCUT2D eigenvalue weighted by Crippen LogP contribution is 2.17. The third-order valence-electron chi connectivity index (χ3n) is 3.04. The lowest BCUT2D eigenvalue weighted by molar-refractivity contribution is -0.137. The summed E-state index contributed by atoms with van der Waals surface area (Å²) in [6, 6.07) is 0.261. The van der Waals surface area contributed by atoms with Gasteiger partial charge in [0.1, 0.15) is 0 Å². The summed E-state index contributed by atoms with van der Waals surface area (Å²) >= 11 is 0. The van der Waals surface area contributed by atoms with Crippen LogP contribution in [-0.4, -0.2) is 29.7 Å². The molecule has 1 fully saturated rings. The second kappa shape index (κ2) is 7.92. The van der Waals surface area contributed by atoms with Crippen LogP contribution in [0, 0.1) is 0 Å². The van der Waals surface area contributed by atoms with Crippen molar-refractivity contribution in [2.75, 3.05) is 6.54 Å². The predicted octanol–water partition coefficient (Wildman–Crippen LogP) is 1.87. The molecule has 0 aromatic rings. The molecule has 0 aromatic carbocycles. The normalized spacial score (nSPS) is 15.8. The van der Waals surface area contributed by atoms with Gasteiger partial charge in [-0.15, -0.1) is 0 Å². The lowest BCUT2D eigenvalue weighted by atomic mass is 10.2. The molecule has 0 bridgehead atoms. The Morgan fingerprint density at radius 2 is 1.82 bits per heavy atom. The highest BCUT2D eigenvalue weighted by Gasteiger charge is 2.16. The highest BCUT2D eigenvalue weighted by molar-refractivity contribution is 5.74. The van der Waals surface area contributed by atoms with E-state index in [0.717, 1.165) is 25.7 Å². The minimum atomic E-state index is -0.753. The van der Waals surface area contributed by atoms with E-state index in [2.05, 4.69) is 10.6 Å². The minimum absolute atomic E-state index is 0.0878. The number of carboxylic acids is 1. The van der Waals surface area contributed by atoms with E-state index < -0.39 is 5.97 Å². The fourth-order valence-corrected chi connectivity index (χ4v) is 2.09. The van der Waals surface area contributed by atoms with Crippen molar-refractivity contribution >= 4 is 12.0 Å². The van der Waals surface area contributed by atoms with Crippen LogP contribution in [0.4, 0.5) is 4.79 Å². The van der Waals surface area contributed by atoms with Crippen molar-refractivity contribution in [1.29, 1.82) is 0 Å². The molecule has 3 N–H and O–H groups in total. The molecule has 0 heterocycles. The van der Waals surface area contributed by atoms with Gasteiger partial charge in [-0.25, -0.2) is 4.79 Å². The largest absolute Gasteiger partial charge is 0.481 e. The van der Waals surface area contributed by atoms with E-state index in [1.54, 1.807) is 0 Å². The van der Waals surface area contributed by atoms with Crippen molar-refractivity contribution < 1.29 is 14.7 Å². The van der Waals surface area contributed by atoms with Gasteiger partial charge in [0, 0.05) is 19.0 Å². The lowest BCUT2D eigenvalue weighted by Crippen LogP contribution is -2.41. The van der Waals surface area contributed by atoms with Crippen LogP contribution in [0.25, 0.3) is 0 Å². The molecule has 1 rings (SSSR count). The Hall–Kier alpha value is -1.26. The van der Waals surface area contributed by atoms with Gasteiger partial charge < -0.3 is 15.7 Å². The summed E-state index contributed by atoms with van der Waals surface area (Å²) in [4.78, 5) is 21.7. The topological polar surface area (TPSA) is 78.4 Å². The summed E-state index contributed by atoms with van der Waals surface area (Å²) in [5.41, 5.74) is 0. The summed E-state index contributed by atoms with van der Waals surface area (Å²) < 4.78 is 0. The van der Waals surface area contributed by atoms with Crippen LogP contribution in [0.2, 0.25) is 0 Å². The number of rotatable bonds is 7. The summed E-state index contributed by atoms with van der Waals surface area (Å²) in [7, 11) is 0. The zero-order valence-electron chi connectivity index (χ0n) is 10.2. The van der Waals surface area contributed by atoms with Crippen molar-refractivity contribution in [3.8, 4) is 0 Å². The van der Waals surface area contributed by atoms with Gasteiger partial charge in [0.05, 0.1) is 0 Å². The third kappa shape index (κ3) is 6.81. The van der Waals surface area contributed by atoms with Gasteiger partial charge in [-0.05, 0) is 25.7 Å². The van der Waals surface area contributed by atoms with Gasteiger partial charge in [0.15, 0.2) is 0 Å². The molecule has 0 aromatic heterocycles. The molecule has 1 aliphatic rings. The zero-order chi connectivity index (χ0) is 12.5. The van der Waals surface area contributed by atoms with Crippen LogP contribution in [0.5, 0.6) is 0 Å². The van der Waals surface area contributed by atoms with Gasteiger partial charge >= 0.3 is 12.0 Å². The van der Waals surface area contributed by atoms with E-state index in [1.165, 1.54) is 12.8 Å². The molecule has 0 aliphatic heterocycles. The molecule has 0 radical (unpaired) electrons. The Balaban J connectivity index is 1.91. The van der Waals surface area contributed by atoms with E-state index in [-0.39, 0.29) is 12.5 Å². The fourth-order valence-electron chi connectivity index (χ4n) is 2.09. The molecule has 2 amide bonds. The molecule has 0 spiro atoms. The van der Waals surface area contributed by atoms with Gasteiger partial charge in [-0.3, -0.25) is 4.79 Å². The molecule has 0 atom stereocenters. The van der Waals surface area contributed by atoms with Crippen molar-refractivity contribution in [3.05, 3.63) is 0 Å². The van der Waals surface area contributed by atoms with E-state index in [0.29, 0.717) is 19.0 Å². The number of aliphatic carboxylic acids is 1. The number of hydrogen-bond acceptors (Lipinski definition) is 2. The predicted molar refractivity (Wildman–Crippen MR) is 64.9 cm³/mol. The Bertz CT molecular complexity index is 250. The second-order valence-electron chi connectivity index (χ2n) is 4.59. The number of carbonyl (C=O) groups excluding carboxylic acids is 1. The van der Waals surface area contributed by atoms with E-state index in [4.69, 9.17) is 5.11 Å². The number of carboxylic acid groups (broad SMARTS) is 1. The average Bonchev–Trinajstić information content (AvgIpc) is 2.75. The summed E-state index contributed by atoms with van der Waals surface area (Å²) in [6.07, 6.45) is 7.18. The highest BCUT2D eigenvalue weighted by atomic mass is 16.4. The Kier molecular flexibility index (Phi) is 6.43. The summed E-state index contributed by atoms with van der Waals surface area (Å²) in [6.45, 7) is 0.623. The van der Waals surface area contributed by atoms with Crippen molar-refractivity contribution in [2.45, 2.75) is 57.4 Å². The molecule has 0 unspecified atom stereocenters. The molecule has 1 aliphatic carbocycles. The molecule has 98 valence electrons. The van der Waals surface area contributed by atoms with Gasteiger partial charge in [0.2, 0.25) is 0 Å². The number of amides is 2. The van der Waals surface area contributed by atoms with Crippen molar-refractivity contribution in [3.63, 3.8) is 0 Å². The van der Waals surface area contributed by atoms with Crippen LogP contribution in [0.15, 0.2) is 0 Å². The molecule has 1 saturated carbocycles. The summed E-state index contributed by atoms with van der Waals surface area (Å²) in [5.74, 6) is -0.753. The van der Waals surface area contributed by atoms with Gasteiger partial charge in [-0.2, -0.15) is 0 Å². The first-order chi connectivity index (χ1) is 8.18. The van der Waals surface area contributed by atoms with E-state index in [1.807, 2.05) is 0 Å². The van der Waals surface area contributed by atoms with E-state index in [9.17, 15) is 9.59 Å². The van der Waals surface area contributed by atoms with Crippen LogP contribution < -0.4 is 10.6 Å². The van der Waals surface area contributed by atoms with Gasteiger partial charge in [0.25, 0.3) is 0 Å². The van der Waals surface area contributed by atoms with Crippen molar-refractivity contribution in [1.82, 2.24) is 10.6 Å². The maximum atomic E-state index is 11.4. The molecule has 5 heteroatoms. The van der Waals surface area contributed by atoms with Crippen LogP contribution in [0.3, 0.4) is 0 Å². The smallest absolute Gasteiger partial charge is 0.315 e. The number of urea groups is 1. The quantitative estimate of drug-likeness (QED) is 0.596. The van der Waals surface area contributed by atoms with E-state index >= 15 is 0 Å². The number of carbonyl (C=O) groups is 2. The molecular weight excluding hydrogens is 220 g/mol. The lowest BCUT2D eigenvalue weighted by Gasteiger charge is -2.12. The first-order valence-electron chi connectivity index (χ1n) is 6.44. The third-order valence-corrected chi connectivity index (χ3v) is 3.04. The number of hydrogen-bond donors (Lipinski definition) is 3. The van der Waals surface area contributed by atoms with Gasteiger partial charge in [-0.1, -0.05) is 19.3 Å². The number of nitrogens with one attached hydrogen (secondary N) is 2. The zero-order valence-corrected chi connectivity index (χ0v) is 10.2. The standard InChI is InChI=1S/C12H22N2O3/c15-11(16)8-2-1-5-9-13-12(17)14-10-6-3-4-7-10/h10H,1-9H2,(H,15,16)(H2,13,14,17). The summed E-state index contributed by atoms with van der Waals surface area (Å²) in [5, 5.41) is 14.2. The Labute approximate surface area is 102 Å². The molecular formula is C12H22N2O3. The maximum absolute atomic E-state index is 11.4. The SMILES string of the molecule is O=C(O)CCCCCNC(=O)NC1CCCC1. The Morgan fingerprint density at radius 1 is 1.12 bits per heavy atom. The maximum Gasteiger partial charge on any atom is 0.315 e. The first-order valence-corrected chi connectivity index (χ1v) is 6.44. The molecule has 17 heavy (non-hydrogen) atoms. The monoisotopic (exact) mass is 242 g/mol.